The van der Waals surface area contributed by atoms with E-state index in [-0.39, 0.29) is 30.3 Å². The molecule has 0 saturated carbocycles. The minimum atomic E-state index is -2.55. The van der Waals surface area contributed by atoms with Crippen LogP contribution in [0.4, 0.5) is 0 Å². The summed E-state index contributed by atoms with van der Waals surface area (Å²) < 4.78 is 0. The molecule has 0 aliphatic heterocycles. The molecule has 0 spiro atoms. The Balaban J connectivity index is 2.51. The molecular formula is C26H44Cl2FeP2. The van der Waals surface area contributed by atoms with Crippen LogP contribution in [-0.2, 0) is 11.0 Å². The van der Waals surface area contributed by atoms with Crippen LogP contribution in [0.3, 0.4) is 0 Å². The van der Waals surface area contributed by atoms with E-state index in [4.69, 9.17) is 20.2 Å². The topological polar surface area (TPSA) is 0 Å². The Morgan fingerprint density at radius 1 is 0.581 bits per heavy atom. The summed E-state index contributed by atoms with van der Waals surface area (Å²) in [6, 6.07) is 0. The van der Waals surface area contributed by atoms with Gasteiger partial charge in [-0.15, -0.1) is 0 Å². The predicted octanol–water partition coefficient (Wildman–Crippen LogP) is 11.1. The molecule has 0 aromatic rings. The van der Waals surface area contributed by atoms with E-state index in [1.807, 2.05) is 0 Å². The van der Waals surface area contributed by atoms with Crippen LogP contribution in [0.15, 0.2) is 47.1 Å². The van der Waals surface area contributed by atoms with Gasteiger partial charge in [-0.2, -0.15) is 0 Å². The first-order chi connectivity index (χ1) is 13.7. The van der Waals surface area contributed by atoms with Gasteiger partial charge in [0, 0.05) is 0 Å². The molecule has 0 amide bonds. The van der Waals surface area contributed by atoms with E-state index in [0.29, 0.717) is 0 Å². The van der Waals surface area contributed by atoms with Crippen molar-refractivity contribution in [3.05, 3.63) is 47.1 Å². The summed E-state index contributed by atoms with van der Waals surface area (Å²) in [6.07, 6.45) is 13.7. The Morgan fingerprint density at radius 3 is 1.06 bits per heavy atom. The van der Waals surface area contributed by atoms with E-state index >= 15 is 0 Å². The molecule has 0 nitrogen and oxygen atoms in total. The Hall–Kier alpha value is 0.919. The second kappa shape index (κ2) is 9.18. The Morgan fingerprint density at radius 2 is 0.839 bits per heavy atom. The van der Waals surface area contributed by atoms with E-state index in [0.717, 1.165) is 0 Å². The standard InChI is InChI=1S/2C13H22P.2ClH.Fe/c2*1-12(2,3)14(13(4,5)6)11-9-7-8-10-11;;;/h2*7-10H,1-6H3;2*1H;/q;;;;+2/p-2. The molecule has 0 heterocycles. The summed E-state index contributed by atoms with van der Waals surface area (Å²) in [4.78, 5) is 0.321. The second-order valence-electron chi connectivity index (χ2n) is 12.6. The van der Waals surface area contributed by atoms with Crippen LogP contribution in [0.2, 0.25) is 9.63 Å². The number of allylic oxidation sites excluding steroid dienone is 8. The fraction of sp³-hybridized carbons (Fsp3) is 0.692. The van der Waals surface area contributed by atoms with Gasteiger partial charge in [-0.3, -0.25) is 0 Å². The van der Waals surface area contributed by atoms with E-state index in [1.165, 1.54) is 10.6 Å². The van der Waals surface area contributed by atoms with E-state index in [9.17, 15) is 0 Å². The van der Waals surface area contributed by atoms with Gasteiger partial charge in [-0.25, -0.2) is 0 Å². The van der Waals surface area contributed by atoms with Gasteiger partial charge in [-0.1, -0.05) is 0 Å². The maximum atomic E-state index is 7.55. The first kappa shape index (κ1) is 28.2. The molecule has 0 bridgehead atoms. The average molecular weight is 545 g/mol. The van der Waals surface area contributed by atoms with Crippen molar-refractivity contribution < 1.29 is 11.0 Å². The van der Waals surface area contributed by atoms with Crippen molar-refractivity contribution in [2.45, 2.75) is 113 Å². The van der Waals surface area contributed by atoms with Crippen LogP contribution < -0.4 is 0 Å². The Bertz CT molecular complexity index is 699. The molecule has 2 rings (SSSR count). The Kier molecular flexibility index (Phi) is 8.34. The van der Waals surface area contributed by atoms with Crippen LogP contribution in [-0.4, -0.2) is 20.6 Å². The normalized spacial score (nSPS) is 23.7. The number of hydrogen-bond donors (Lipinski definition) is 0. The summed E-state index contributed by atoms with van der Waals surface area (Å²) in [7, 11) is 14.3. The minimum absolute atomic E-state index is 0.160. The molecule has 0 fully saturated rings. The number of rotatable bonds is 4. The fourth-order valence-corrected chi connectivity index (χ4v) is 21.1. The predicted molar refractivity (Wildman–Crippen MR) is 147 cm³/mol. The summed E-state index contributed by atoms with van der Waals surface area (Å²) in [5, 5.41) is 3.80. The number of hydrogen-bond acceptors (Lipinski definition) is 0. The summed E-state index contributed by atoms with van der Waals surface area (Å²) in [6.45, 7) is 28.5. The molecule has 5 heteroatoms. The summed E-state index contributed by atoms with van der Waals surface area (Å²) >= 11 is -2.55. The van der Waals surface area contributed by atoms with Gasteiger partial charge in [0.25, 0.3) is 0 Å². The van der Waals surface area contributed by atoms with E-state index < -0.39 is 26.9 Å². The zero-order valence-electron chi connectivity index (χ0n) is 21.6. The SMILES string of the molecule is CC(C)(C)P(C1=CC=C[CH]1[Fe]([Cl])([Cl])[CH]1C=CC=C1P(C(C)(C)C)C(C)(C)C)C(C)(C)C. The molecule has 0 saturated heterocycles. The molecular weight excluding hydrogens is 501 g/mol. The molecule has 31 heavy (non-hydrogen) atoms. The maximum absolute atomic E-state index is 7.55. The van der Waals surface area contributed by atoms with Crippen molar-refractivity contribution in [3.63, 3.8) is 0 Å². The Labute approximate surface area is 206 Å². The monoisotopic (exact) mass is 544 g/mol. The average Bonchev–Trinajstić information content (AvgIpc) is 3.10. The quantitative estimate of drug-likeness (QED) is 0.244. The van der Waals surface area contributed by atoms with Crippen LogP contribution >= 0.6 is 36.0 Å². The van der Waals surface area contributed by atoms with Crippen molar-refractivity contribution in [1.29, 1.82) is 0 Å². The first-order valence-electron chi connectivity index (χ1n) is 11.2. The van der Waals surface area contributed by atoms with Crippen molar-refractivity contribution in [2.75, 3.05) is 0 Å². The molecule has 2 aliphatic rings. The van der Waals surface area contributed by atoms with Crippen LogP contribution in [0.25, 0.3) is 0 Å². The second-order valence-corrected chi connectivity index (χ2v) is 27.4. The fourth-order valence-electron chi connectivity index (χ4n) is 5.42. The third-order valence-corrected chi connectivity index (χ3v) is 18.8. The van der Waals surface area contributed by atoms with Gasteiger partial charge in [0.1, 0.15) is 0 Å². The van der Waals surface area contributed by atoms with Crippen molar-refractivity contribution in [3.8, 4) is 0 Å². The third-order valence-electron chi connectivity index (χ3n) is 5.42. The first-order valence-corrected chi connectivity index (χ1v) is 18.2. The molecule has 0 radical (unpaired) electrons. The van der Waals surface area contributed by atoms with E-state index in [1.54, 1.807) is 0 Å². The molecule has 0 aromatic heterocycles. The van der Waals surface area contributed by atoms with Crippen molar-refractivity contribution in [2.24, 2.45) is 0 Å². The summed E-state index contributed by atoms with van der Waals surface area (Å²) in [5.41, 5.74) is 0. The van der Waals surface area contributed by atoms with Crippen LogP contribution in [0, 0.1) is 0 Å². The van der Waals surface area contributed by atoms with Gasteiger partial charge in [0.05, 0.1) is 0 Å². The van der Waals surface area contributed by atoms with Gasteiger partial charge < -0.3 is 0 Å². The van der Waals surface area contributed by atoms with Crippen LogP contribution in [0.1, 0.15) is 83.1 Å². The van der Waals surface area contributed by atoms with Crippen LogP contribution in [0.5, 0.6) is 0 Å². The van der Waals surface area contributed by atoms with Gasteiger partial charge in [0.2, 0.25) is 0 Å². The molecule has 2 aliphatic carbocycles. The van der Waals surface area contributed by atoms with Gasteiger partial charge in [0.15, 0.2) is 0 Å². The van der Waals surface area contributed by atoms with Crippen molar-refractivity contribution in [1.82, 2.24) is 0 Å². The van der Waals surface area contributed by atoms with E-state index in [2.05, 4.69) is 120 Å². The van der Waals surface area contributed by atoms with Gasteiger partial charge in [-0.05, 0) is 0 Å². The number of halogens is 2. The molecule has 2 unspecified atom stereocenters. The van der Waals surface area contributed by atoms with Crippen molar-refractivity contribution >= 4 is 36.0 Å². The third kappa shape index (κ3) is 6.14. The zero-order valence-corrected chi connectivity index (χ0v) is 26.0. The molecule has 0 N–H and O–H groups in total. The summed E-state index contributed by atoms with van der Waals surface area (Å²) in [5.74, 6) is 0. The molecule has 0 aromatic carbocycles. The van der Waals surface area contributed by atoms with Gasteiger partial charge >= 0.3 is 207 Å². The zero-order chi connectivity index (χ0) is 24.2. The molecule has 2 atom stereocenters. The molecule has 180 valence electrons.